The maximum atomic E-state index is 12.2. The van der Waals surface area contributed by atoms with Gasteiger partial charge in [0.1, 0.15) is 6.04 Å². The van der Waals surface area contributed by atoms with Gasteiger partial charge in [0, 0.05) is 6.54 Å². The van der Waals surface area contributed by atoms with E-state index in [2.05, 4.69) is 5.14 Å². The molecule has 0 saturated carbocycles. The molecule has 0 spiro atoms. The van der Waals surface area contributed by atoms with Crippen LogP contribution in [0.25, 0.3) is 0 Å². The second-order valence-electron chi connectivity index (χ2n) is 2.86. The van der Waals surface area contributed by atoms with Crippen LogP contribution in [0.3, 0.4) is 0 Å². The van der Waals surface area contributed by atoms with Gasteiger partial charge in [-0.25, -0.2) is 5.14 Å². The van der Waals surface area contributed by atoms with Crippen molar-refractivity contribution in [2.75, 3.05) is 6.54 Å². The Kier molecular flexibility index (Phi) is 2.56. The number of hydrogen-bond acceptors (Lipinski definition) is 2. The van der Waals surface area contributed by atoms with Crippen molar-refractivity contribution in [2.45, 2.75) is 25.1 Å². The van der Waals surface area contributed by atoms with Gasteiger partial charge in [-0.1, -0.05) is 0 Å². The molecule has 13 heavy (non-hydrogen) atoms. The molecular weight excluding hydrogens is 209 g/mol. The Hall–Kier alpha value is -0.340. The van der Waals surface area contributed by atoms with Crippen LogP contribution in [0.1, 0.15) is 12.8 Å². The molecule has 0 aromatic rings. The minimum absolute atomic E-state index is 0.150. The highest BCUT2D eigenvalue weighted by atomic mass is 32.2. The molecule has 4 nitrogen and oxygen atoms in total. The molecule has 1 fully saturated rings. The lowest BCUT2D eigenvalue weighted by molar-refractivity contribution is -0.165. The van der Waals surface area contributed by atoms with Crippen LogP contribution < -0.4 is 5.14 Å². The summed E-state index contributed by atoms with van der Waals surface area (Å²) in [5.74, 6) is 0. The van der Waals surface area contributed by atoms with Gasteiger partial charge in [-0.2, -0.15) is 25.9 Å². The van der Waals surface area contributed by atoms with E-state index in [0.29, 0.717) is 4.31 Å². The van der Waals surface area contributed by atoms with E-state index < -0.39 is 22.4 Å². The van der Waals surface area contributed by atoms with Crippen molar-refractivity contribution in [1.29, 1.82) is 0 Å². The fourth-order valence-electron chi connectivity index (χ4n) is 1.37. The molecule has 0 radical (unpaired) electrons. The normalized spacial score (nSPS) is 26.6. The molecule has 1 rings (SSSR count). The molecule has 0 aromatic carbocycles. The molecular formula is C5H9F3N2O2S. The maximum absolute atomic E-state index is 12.2. The van der Waals surface area contributed by atoms with Crippen LogP contribution in [0.15, 0.2) is 0 Å². The molecule has 1 heterocycles. The fraction of sp³-hybridized carbons (Fsp3) is 1.00. The molecule has 0 amide bonds. The summed E-state index contributed by atoms with van der Waals surface area (Å²) in [6, 6.07) is -1.94. The molecule has 1 aliphatic rings. The standard InChI is InChI=1S/C5H9F3N2O2S/c6-5(7,8)4-2-1-3-10(4)13(9,11)12/h4H,1-3H2,(H2,9,11,12)/t4-/m1/s1. The van der Waals surface area contributed by atoms with Gasteiger partial charge in [-0.3, -0.25) is 0 Å². The number of alkyl halides is 3. The van der Waals surface area contributed by atoms with E-state index in [4.69, 9.17) is 0 Å². The summed E-state index contributed by atoms with van der Waals surface area (Å²) in [7, 11) is -4.22. The van der Waals surface area contributed by atoms with Gasteiger partial charge in [0.05, 0.1) is 0 Å². The summed E-state index contributed by atoms with van der Waals surface area (Å²) in [5, 5.41) is 4.63. The highest BCUT2D eigenvalue weighted by Crippen LogP contribution is 2.33. The summed E-state index contributed by atoms with van der Waals surface area (Å²) in [4.78, 5) is 0. The van der Waals surface area contributed by atoms with Crippen LogP contribution in [0.2, 0.25) is 0 Å². The SMILES string of the molecule is NS(=O)(=O)N1CCC[C@@H]1C(F)(F)F. The highest BCUT2D eigenvalue weighted by Gasteiger charge is 2.49. The largest absolute Gasteiger partial charge is 0.405 e. The number of rotatable bonds is 1. The summed E-state index contributed by atoms with van der Waals surface area (Å²) < 4.78 is 58.2. The van der Waals surface area contributed by atoms with Crippen LogP contribution in [0, 0.1) is 0 Å². The Morgan fingerprint density at radius 2 is 1.92 bits per heavy atom. The predicted octanol–water partition coefficient (Wildman–Crippen LogP) is 0.217. The van der Waals surface area contributed by atoms with Gasteiger partial charge in [0.2, 0.25) is 0 Å². The van der Waals surface area contributed by atoms with Gasteiger partial charge in [-0.05, 0) is 12.8 Å². The predicted molar refractivity (Wildman–Crippen MR) is 38.9 cm³/mol. The van der Waals surface area contributed by atoms with Crippen molar-refractivity contribution in [3.63, 3.8) is 0 Å². The smallest absolute Gasteiger partial charge is 0.216 e. The lowest BCUT2D eigenvalue weighted by Gasteiger charge is -2.23. The zero-order valence-electron chi connectivity index (χ0n) is 6.58. The average molecular weight is 218 g/mol. The van der Waals surface area contributed by atoms with Crippen LogP contribution in [-0.2, 0) is 10.2 Å². The number of nitrogens with zero attached hydrogens (tertiary/aromatic N) is 1. The van der Waals surface area contributed by atoms with Crippen LogP contribution in [0.5, 0.6) is 0 Å². The zero-order chi connectivity index (χ0) is 10.3. The first-order chi connectivity index (χ1) is 5.73. The second kappa shape index (κ2) is 3.10. The van der Waals surface area contributed by atoms with E-state index in [1.807, 2.05) is 0 Å². The Balaban J connectivity index is 2.89. The van der Waals surface area contributed by atoms with Crippen molar-refractivity contribution in [3.05, 3.63) is 0 Å². The molecule has 8 heteroatoms. The Morgan fingerprint density at radius 3 is 2.23 bits per heavy atom. The van der Waals surface area contributed by atoms with E-state index in [1.165, 1.54) is 0 Å². The minimum Gasteiger partial charge on any atom is -0.216 e. The quantitative estimate of drug-likeness (QED) is 0.684. The number of hydrogen-bond donors (Lipinski definition) is 1. The first-order valence-corrected chi connectivity index (χ1v) is 5.09. The molecule has 0 aromatic heterocycles. The van der Waals surface area contributed by atoms with Gasteiger partial charge in [-0.15, -0.1) is 0 Å². The van der Waals surface area contributed by atoms with Gasteiger partial charge < -0.3 is 0 Å². The molecule has 78 valence electrons. The van der Waals surface area contributed by atoms with E-state index in [1.54, 1.807) is 0 Å². The summed E-state index contributed by atoms with van der Waals surface area (Å²) in [6.45, 7) is -0.150. The topological polar surface area (TPSA) is 63.4 Å². The van der Waals surface area contributed by atoms with E-state index in [0.717, 1.165) is 0 Å². The summed E-state index contributed by atoms with van der Waals surface area (Å²) in [5.41, 5.74) is 0. The van der Waals surface area contributed by atoms with Crippen molar-refractivity contribution in [1.82, 2.24) is 4.31 Å². The second-order valence-corrected chi connectivity index (χ2v) is 4.35. The van der Waals surface area contributed by atoms with E-state index in [9.17, 15) is 21.6 Å². The van der Waals surface area contributed by atoms with Crippen LogP contribution in [-0.4, -0.2) is 31.5 Å². The Bertz CT molecular complexity index is 287. The zero-order valence-corrected chi connectivity index (χ0v) is 7.40. The van der Waals surface area contributed by atoms with E-state index >= 15 is 0 Å². The molecule has 0 unspecified atom stereocenters. The molecule has 2 N–H and O–H groups in total. The first kappa shape index (κ1) is 10.7. The third-order valence-electron chi connectivity index (χ3n) is 1.91. The molecule has 0 aliphatic carbocycles. The van der Waals surface area contributed by atoms with Crippen molar-refractivity contribution < 1.29 is 21.6 Å². The van der Waals surface area contributed by atoms with Gasteiger partial charge in [0.15, 0.2) is 0 Å². The van der Waals surface area contributed by atoms with Crippen molar-refractivity contribution in [3.8, 4) is 0 Å². The Morgan fingerprint density at radius 1 is 1.38 bits per heavy atom. The highest BCUT2D eigenvalue weighted by molar-refractivity contribution is 7.86. The molecule has 1 aliphatic heterocycles. The number of halogens is 3. The monoisotopic (exact) mass is 218 g/mol. The van der Waals surface area contributed by atoms with Crippen LogP contribution in [0.4, 0.5) is 13.2 Å². The van der Waals surface area contributed by atoms with E-state index in [-0.39, 0.29) is 19.4 Å². The summed E-state index contributed by atoms with van der Waals surface area (Å²) >= 11 is 0. The lowest BCUT2D eigenvalue weighted by atomic mass is 10.2. The first-order valence-electron chi connectivity index (χ1n) is 3.59. The molecule has 1 saturated heterocycles. The molecule has 0 bridgehead atoms. The number of nitrogens with two attached hydrogens (primary N) is 1. The third-order valence-corrected chi connectivity index (χ3v) is 3.00. The Labute approximate surface area is 73.7 Å². The lowest BCUT2D eigenvalue weighted by Crippen LogP contribution is -2.47. The third kappa shape index (κ3) is 2.32. The molecule has 1 atom stereocenters. The minimum atomic E-state index is -4.52. The van der Waals surface area contributed by atoms with Crippen molar-refractivity contribution >= 4 is 10.2 Å². The fourth-order valence-corrected chi connectivity index (χ4v) is 2.34. The summed E-state index contributed by atoms with van der Waals surface area (Å²) in [6.07, 6.45) is -4.54. The van der Waals surface area contributed by atoms with Gasteiger partial charge in [0.25, 0.3) is 10.2 Å². The van der Waals surface area contributed by atoms with Crippen LogP contribution >= 0.6 is 0 Å². The van der Waals surface area contributed by atoms with Crippen molar-refractivity contribution in [2.24, 2.45) is 5.14 Å². The van der Waals surface area contributed by atoms with Gasteiger partial charge >= 0.3 is 6.18 Å². The maximum Gasteiger partial charge on any atom is 0.405 e. The average Bonchev–Trinajstić information content (AvgIpc) is 2.27.